The standard InChI is InChI=1S/C21H28N4O3/c1-15-8-10-25(11-9-15)13-17-7-5-4-6-16(17)12-22-19(26)18-20(27-2)23-14-24-21(18)28-3/h4-7,14-15H,8-13H2,1-3H3,(H,22,26). The average molecular weight is 384 g/mol. The van der Waals surface area contributed by atoms with Gasteiger partial charge in [0.15, 0.2) is 5.56 Å². The molecular formula is C21H28N4O3. The van der Waals surface area contributed by atoms with Crippen LogP contribution in [-0.4, -0.2) is 48.1 Å². The molecule has 1 aromatic carbocycles. The van der Waals surface area contributed by atoms with Crippen LogP contribution in [-0.2, 0) is 13.1 Å². The molecule has 150 valence electrons. The molecule has 1 N–H and O–H groups in total. The number of hydrogen-bond donors (Lipinski definition) is 1. The fraction of sp³-hybridized carbons (Fsp3) is 0.476. The summed E-state index contributed by atoms with van der Waals surface area (Å²) >= 11 is 0. The Morgan fingerprint density at radius 2 is 1.71 bits per heavy atom. The lowest BCUT2D eigenvalue weighted by Crippen LogP contribution is -2.33. The zero-order chi connectivity index (χ0) is 19.9. The van der Waals surface area contributed by atoms with E-state index >= 15 is 0 Å². The third-order valence-corrected chi connectivity index (χ3v) is 5.22. The van der Waals surface area contributed by atoms with E-state index in [2.05, 4.69) is 39.2 Å². The third-order valence-electron chi connectivity index (χ3n) is 5.22. The van der Waals surface area contributed by atoms with Crippen molar-refractivity contribution in [2.24, 2.45) is 5.92 Å². The first-order chi connectivity index (χ1) is 13.6. The van der Waals surface area contributed by atoms with Gasteiger partial charge in [-0.3, -0.25) is 9.69 Å². The van der Waals surface area contributed by atoms with Gasteiger partial charge in [0.25, 0.3) is 5.91 Å². The van der Waals surface area contributed by atoms with Gasteiger partial charge in [-0.05, 0) is 43.0 Å². The number of piperidine rings is 1. The van der Waals surface area contributed by atoms with Crippen molar-refractivity contribution in [1.82, 2.24) is 20.2 Å². The van der Waals surface area contributed by atoms with E-state index in [9.17, 15) is 4.79 Å². The van der Waals surface area contributed by atoms with Gasteiger partial charge in [0.1, 0.15) is 6.33 Å². The highest BCUT2D eigenvalue weighted by Crippen LogP contribution is 2.24. The van der Waals surface area contributed by atoms with Crippen LogP contribution in [0.1, 0.15) is 41.3 Å². The van der Waals surface area contributed by atoms with E-state index in [4.69, 9.17) is 9.47 Å². The van der Waals surface area contributed by atoms with Gasteiger partial charge < -0.3 is 14.8 Å². The maximum Gasteiger partial charge on any atom is 0.262 e. The second kappa shape index (κ2) is 9.50. The first kappa shape index (κ1) is 20.1. The number of carbonyl (C=O) groups excluding carboxylic acids is 1. The minimum Gasteiger partial charge on any atom is -0.480 e. The molecule has 0 aliphatic carbocycles. The number of rotatable bonds is 7. The van der Waals surface area contributed by atoms with Crippen LogP contribution in [0.2, 0.25) is 0 Å². The molecule has 1 fully saturated rings. The van der Waals surface area contributed by atoms with Gasteiger partial charge in [0, 0.05) is 13.1 Å². The number of methoxy groups -OCH3 is 2. The van der Waals surface area contributed by atoms with Crippen molar-refractivity contribution >= 4 is 5.91 Å². The molecule has 7 nitrogen and oxygen atoms in total. The van der Waals surface area contributed by atoms with Crippen molar-refractivity contribution in [2.75, 3.05) is 27.3 Å². The molecule has 1 aliphatic heterocycles. The lowest BCUT2D eigenvalue weighted by molar-refractivity contribution is 0.0942. The van der Waals surface area contributed by atoms with E-state index in [0.717, 1.165) is 31.1 Å². The highest BCUT2D eigenvalue weighted by molar-refractivity contribution is 5.98. The van der Waals surface area contributed by atoms with Crippen LogP contribution in [0.3, 0.4) is 0 Å². The molecule has 7 heteroatoms. The number of ether oxygens (including phenoxy) is 2. The smallest absolute Gasteiger partial charge is 0.262 e. The van der Waals surface area contributed by atoms with Gasteiger partial charge in [-0.2, -0.15) is 0 Å². The highest BCUT2D eigenvalue weighted by Gasteiger charge is 2.21. The van der Waals surface area contributed by atoms with E-state index in [1.54, 1.807) is 0 Å². The van der Waals surface area contributed by atoms with Crippen molar-refractivity contribution in [3.63, 3.8) is 0 Å². The van der Waals surface area contributed by atoms with Crippen molar-refractivity contribution < 1.29 is 14.3 Å². The summed E-state index contributed by atoms with van der Waals surface area (Å²) < 4.78 is 10.4. The predicted octanol–water partition coefficient (Wildman–Crippen LogP) is 2.66. The molecule has 1 saturated heterocycles. The molecule has 1 aliphatic rings. The minimum atomic E-state index is -0.323. The van der Waals surface area contributed by atoms with Crippen molar-refractivity contribution in [1.29, 1.82) is 0 Å². The minimum absolute atomic E-state index is 0.195. The lowest BCUT2D eigenvalue weighted by Gasteiger charge is -2.30. The Balaban J connectivity index is 1.69. The second-order valence-corrected chi connectivity index (χ2v) is 7.18. The van der Waals surface area contributed by atoms with Crippen LogP contribution in [0, 0.1) is 5.92 Å². The molecule has 1 amide bonds. The Hall–Kier alpha value is -2.67. The van der Waals surface area contributed by atoms with Crippen LogP contribution in [0.25, 0.3) is 0 Å². The van der Waals surface area contributed by atoms with Crippen LogP contribution in [0.4, 0.5) is 0 Å². The third kappa shape index (κ3) is 4.78. The summed E-state index contributed by atoms with van der Waals surface area (Å²) in [5.74, 6) is 0.875. The maximum absolute atomic E-state index is 12.8. The van der Waals surface area contributed by atoms with E-state index in [-0.39, 0.29) is 23.2 Å². The highest BCUT2D eigenvalue weighted by atomic mass is 16.5. The Morgan fingerprint density at radius 3 is 2.32 bits per heavy atom. The number of benzene rings is 1. The topological polar surface area (TPSA) is 76.6 Å². The van der Waals surface area contributed by atoms with E-state index < -0.39 is 0 Å². The number of aromatic nitrogens is 2. The summed E-state index contributed by atoms with van der Waals surface area (Å²) in [5.41, 5.74) is 2.54. The van der Waals surface area contributed by atoms with E-state index in [1.165, 1.54) is 39.0 Å². The molecule has 28 heavy (non-hydrogen) atoms. The molecule has 0 spiro atoms. The average Bonchev–Trinajstić information content (AvgIpc) is 2.73. The molecule has 0 atom stereocenters. The first-order valence-electron chi connectivity index (χ1n) is 9.62. The van der Waals surface area contributed by atoms with Crippen LogP contribution in [0.5, 0.6) is 11.8 Å². The maximum atomic E-state index is 12.8. The second-order valence-electron chi connectivity index (χ2n) is 7.18. The zero-order valence-electron chi connectivity index (χ0n) is 16.8. The quantitative estimate of drug-likeness (QED) is 0.791. The summed E-state index contributed by atoms with van der Waals surface area (Å²) in [6.07, 6.45) is 3.79. The van der Waals surface area contributed by atoms with Gasteiger partial charge in [-0.15, -0.1) is 0 Å². The Kier molecular flexibility index (Phi) is 6.81. The Bertz CT molecular complexity index is 782. The van der Waals surface area contributed by atoms with E-state index in [1.807, 2.05) is 12.1 Å². The fourth-order valence-corrected chi connectivity index (χ4v) is 3.47. The SMILES string of the molecule is COc1ncnc(OC)c1C(=O)NCc1ccccc1CN1CCC(C)CC1. The summed E-state index contributed by atoms with van der Waals surface area (Å²) in [6.45, 7) is 5.88. The largest absolute Gasteiger partial charge is 0.480 e. The van der Waals surface area contributed by atoms with Crippen LogP contribution in [0.15, 0.2) is 30.6 Å². The molecular weight excluding hydrogens is 356 g/mol. The Morgan fingerprint density at radius 1 is 1.11 bits per heavy atom. The first-order valence-corrected chi connectivity index (χ1v) is 9.62. The fourth-order valence-electron chi connectivity index (χ4n) is 3.47. The number of likely N-dealkylation sites (tertiary alicyclic amines) is 1. The van der Waals surface area contributed by atoms with E-state index in [0.29, 0.717) is 6.54 Å². The summed E-state index contributed by atoms with van der Waals surface area (Å²) in [4.78, 5) is 23.2. The van der Waals surface area contributed by atoms with Crippen molar-refractivity contribution in [3.05, 3.63) is 47.3 Å². The molecule has 0 unspecified atom stereocenters. The number of amides is 1. The molecule has 1 aromatic heterocycles. The molecule has 3 rings (SSSR count). The van der Waals surface area contributed by atoms with Crippen LogP contribution < -0.4 is 14.8 Å². The zero-order valence-corrected chi connectivity index (χ0v) is 16.8. The molecule has 0 radical (unpaired) electrons. The predicted molar refractivity (Wildman–Crippen MR) is 106 cm³/mol. The Labute approximate surface area is 166 Å². The van der Waals surface area contributed by atoms with Gasteiger partial charge >= 0.3 is 0 Å². The summed E-state index contributed by atoms with van der Waals surface area (Å²) in [5, 5.41) is 2.95. The summed E-state index contributed by atoms with van der Waals surface area (Å²) in [6, 6.07) is 8.23. The molecule has 2 aromatic rings. The molecule has 2 heterocycles. The lowest BCUT2D eigenvalue weighted by atomic mass is 9.98. The number of nitrogens with zero attached hydrogens (tertiary/aromatic N) is 3. The summed E-state index contributed by atoms with van der Waals surface area (Å²) in [7, 11) is 2.93. The number of carbonyl (C=O) groups is 1. The van der Waals surface area contributed by atoms with Crippen molar-refractivity contribution in [2.45, 2.75) is 32.9 Å². The molecule has 0 saturated carbocycles. The monoisotopic (exact) mass is 384 g/mol. The van der Waals surface area contributed by atoms with Crippen LogP contribution >= 0.6 is 0 Å². The van der Waals surface area contributed by atoms with Crippen molar-refractivity contribution in [3.8, 4) is 11.8 Å². The van der Waals surface area contributed by atoms with Gasteiger partial charge in [0.05, 0.1) is 14.2 Å². The number of nitrogens with one attached hydrogen (secondary N) is 1. The number of hydrogen-bond acceptors (Lipinski definition) is 6. The van der Waals surface area contributed by atoms with Gasteiger partial charge in [-0.25, -0.2) is 9.97 Å². The van der Waals surface area contributed by atoms with Gasteiger partial charge in [-0.1, -0.05) is 31.2 Å². The molecule has 0 bridgehead atoms. The van der Waals surface area contributed by atoms with Gasteiger partial charge in [0.2, 0.25) is 11.8 Å². The normalized spacial score (nSPS) is 15.2.